The van der Waals surface area contributed by atoms with Gasteiger partial charge < -0.3 is 50.5 Å². The first-order valence-corrected chi connectivity index (χ1v) is 30.1. The van der Waals surface area contributed by atoms with Crippen molar-refractivity contribution in [3.8, 4) is 0 Å². The summed E-state index contributed by atoms with van der Waals surface area (Å²) in [5.41, 5.74) is 0. The number of ether oxygens (including phenoxy) is 2. The van der Waals surface area contributed by atoms with E-state index in [1.807, 2.05) is 0 Å². The largest absolute Gasteiger partial charge is 0.394 e. The second kappa shape index (κ2) is 48.8. The van der Waals surface area contributed by atoms with Gasteiger partial charge in [0.05, 0.1) is 25.4 Å². The van der Waals surface area contributed by atoms with E-state index in [-0.39, 0.29) is 12.8 Å². The minimum Gasteiger partial charge on any atom is -0.394 e. The van der Waals surface area contributed by atoms with Crippen molar-refractivity contribution in [1.29, 1.82) is 0 Å². The molecule has 8 N–H and O–H groups in total. The van der Waals surface area contributed by atoms with Crippen LogP contribution in [0.5, 0.6) is 0 Å². The molecule has 1 aliphatic rings. The molecule has 1 aliphatic heterocycles. The molecule has 0 spiro atoms. The zero-order valence-electron chi connectivity index (χ0n) is 45.5. The third kappa shape index (κ3) is 36.7. The fourth-order valence-corrected chi connectivity index (χ4v) is 9.92. The van der Waals surface area contributed by atoms with Crippen LogP contribution >= 0.6 is 0 Å². The maximum absolute atomic E-state index is 13.2. The standard InChI is InChI=1S/C59H115NO10/c1-3-5-7-9-11-13-15-17-19-21-22-23-24-25-26-27-28-29-31-33-35-37-39-41-43-45-47-52(63)58(68)60-50(49-69-59-57(67)56(66)55(65)53(48-61)70-59)54(64)51(62)46-44-42-40-38-36-34-32-30-20-18-16-14-12-10-8-6-4-2/h38,40,50-57,59,61-67H,3-37,39,41-49H2,1-2H3,(H,60,68)/b40-38+. The van der Waals surface area contributed by atoms with Gasteiger partial charge in [-0.05, 0) is 38.5 Å². The molecule has 0 bridgehead atoms. The highest BCUT2D eigenvalue weighted by molar-refractivity contribution is 5.80. The molecule has 9 atom stereocenters. The normalized spacial score (nSPS) is 20.3. The van der Waals surface area contributed by atoms with Crippen LogP contribution < -0.4 is 5.32 Å². The molecule has 0 saturated carbocycles. The molecule has 1 amide bonds. The average Bonchev–Trinajstić information content (AvgIpc) is 3.36. The fourth-order valence-electron chi connectivity index (χ4n) is 9.92. The number of unbranched alkanes of at least 4 members (excludes halogenated alkanes) is 38. The fraction of sp³-hybridized carbons (Fsp3) is 0.949. The lowest BCUT2D eigenvalue weighted by Gasteiger charge is -2.40. The van der Waals surface area contributed by atoms with Crippen LogP contribution in [0.4, 0.5) is 0 Å². The summed E-state index contributed by atoms with van der Waals surface area (Å²) >= 11 is 0. The van der Waals surface area contributed by atoms with E-state index in [0.29, 0.717) is 12.8 Å². The van der Waals surface area contributed by atoms with Gasteiger partial charge >= 0.3 is 0 Å². The molecule has 0 aliphatic carbocycles. The van der Waals surface area contributed by atoms with Crippen LogP contribution in [0.1, 0.15) is 290 Å². The molecule has 1 saturated heterocycles. The Balaban J connectivity index is 2.27. The molecule has 1 heterocycles. The van der Waals surface area contributed by atoms with Gasteiger partial charge in [-0.25, -0.2) is 0 Å². The van der Waals surface area contributed by atoms with Crippen LogP contribution in [0.15, 0.2) is 12.2 Å². The number of allylic oxidation sites excluding steroid dienone is 2. The molecule has 11 nitrogen and oxygen atoms in total. The Kier molecular flexibility index (Phi) is 46.6. The third-order valence-electron chi connectivity index (χ3n) is 14.8. The van der Waals surface area contributed by atoms with Crippen molar-refractivity contribution in [2.45, 2.75) is 345 Å². The highest BCUT2D eigenvalue weighted by Gasteiger charge is 2.44. The first-order chi connectivity index (χ1) is 34.2. The van der Waals surface area contributed by atoms with E-state index in [2.05, 4.69) is 31.3 Å². The SMILES string of the molecule is CCCCCCCCCCCCCC/C=C/CCCC(O)C(O)C(COC1OC(CO)C(O)C(O)C1O)NC(=O)C(O)CCCCCCCCCCCCCCCCCCCCCCCCCCCC. The molecule has 1 fully saturated rings. The first-order valence-electron chi connectivity index (χ1n) is 30.1. The van der Waals surface area contributed by atoms with Gasteiger partial charge in [-0.2, -0.15) is 0 Å². The molecular weight excluding hydrogens is 883 g/mol. The number of nitrogens with one attached hydrogen (secondary N) is 1. The Morgan fingerprint density at radius 3 is 1.23 bits per heavy atom. The van der Waals surface area contributed by atoms with E-state index < -0.39 is 74.2 Å². The van der Waals surface area contributed by atoms with Gasteiger partial charge in [0.1, 0.15) is 36.6 Å². The first kappa shape index (κ1) is 66.9. The number of rotatable bonds is 52. The van der Waals surface area contributed by atoms with Gasteiger partial charge in [0, 0.05) is 0 Å². The second-order valence-corrected chi connectivity index (χ2v) is 21.4. The minimum absolute atomic E-state index is 0.260. The molecule has 0 radical (unpaired) electrons. The van der Waals surface area contributed by atoms with Crippen LogP contribution in [0.2, 0.25) is 0 Å². The quantitative estimate of drug-likeness (QED) is 0.0215. The number of carbonyl (C=O) groups is 1. The van der Waals surface area contributed by atoms with Crippen molar-refractivity contribution < 1.29 is 50.0 Å². The minimum atomic E-state index is -1.66. The summed E-state index contributed by atoms with van der Waals surface area (Å²) in [5, 5.41) is 76.1. The maximum atomic E-state index is 13.2. The van der Waals surface area contributed by atoms with E-state index in [9.17, 15) is 40.5 Å². The Morgan fingerprint density at radius 2 is 0.843 bits per heavy atom. The van der Waals surface area contributed by atoms with Crippen LogP contribution in [0, 0.1) is 0 Å². The number of aliphatic hydroxyl groups excluding tert-OH is 7. The topological polar surface area (TPSA) is 189 Å². The number of hydrogen-bond donors (Lipinski definition) is 8. The monoisotopic (exact) mass is 998 g/mol. The number of hydrogen-bond acceptors (Lipinski definition) is 10. The number of carbonyl (C=O) groups excluding carboxylic acids is 1. The van der Waals surface area contributed by atoms with Gasteiger partial charge in [-0.1, -0.05) is 264 Å². The molecule has 11 heteroatoms. The van der Waals surface area contributed by atoms with Gasteiger partial charge in [0.2, 0.25) is 5.91 Å². The van der Waals surface area contributed by atoms with Crippen molar-refractivity contribution in [3.05, 3.63) is 12.2 Å². The molecule has 0 aromatic carbocycles. The van der Waals surface area contributed by atoms with Crippen LogP contribution in [-0.4, -0.2) is 110 Å². The van der Waals surface area contributed by atoms with E-state index in [1.165, 1.54) is 212 Å². The predicted molar refractivity (Wildman–Crippen MR) is 289 cm³/mol. The van der Waals surface area contributed by atoms with Gasteiger partial charge in [0.25, 0.3) is 0 Å². The Labute approximate surface area is 430 Å². The molecule has 70 heavy (non-hydrogen) atoms. The molecule has 9 unspecified atom stereocenters. The maximum Gasteiger partial charge on any atom is 0.249 e. The van der Waals surface area contributed by atoms with Gasteiger partial charge in [0.15, 0.2) is 6.29 Å². The third-order valence-corrected chi connectivity index (χ3v) is 14.8. The van der Waals surface area contributed by atoms with E-state index in [4.69, 9.17) is 9.47 Å². The average molecular weight is 999 g/mol. The highest BCUT2D eigenvalue weighted by atomic mass is 16.7. The second-order valence-electron chi connectivity index (χ2n) is 21.4. The number of amides is 1. The lowest BCUT2D eigenvalue weighted by molar-refractivity contribution is -0.303. The zero-order chi connectivity index (χ0) is 51.1. The summed E-state index contributed by atoms with van der Waals surface area (Å²) < 4.78 is 11.1. The van der Waals surface area contributed by atoms with Gasteiger partial charge in [-0.15, -0.1) is 0 Å². The summed E-state index contributed by atoms with van der Waals surface area (Å²) in [4.78, 5) is 13.2. The summed E-state index contributed by atoms with van der Waals surface area (Å²) in [7, 11) is 0. The van der Waals surface area contributed by atoms with Crippen molar-refractivity contribution in [2.75, 3.05) is 13.2 Å². The number of aliphatic hydroxyl groups is 7. The Hall–Kier alpha value is -1.15. The van der Waals surface area contributed by atoms with Crippen LogP contribution in [-0.2, 0) is 14.3 Å². The lowest BCUT2D eigenvalue weighted by atomic mass is 9.98. The molecule has 0 aromatic heterocycles. The lowest BCUT2D eigenvalue weighted by Crippen LogP contribution is -2.60. The predicted octanol–water partition coefficient (Wildman–Crippen LogP) is 12.7. The molecule has 1 rings (SSSR count). The van der Waals surface area contributed by atoms with E-state index in [1.54, 1.807) is 0 Å². The molecular formula is C59H115NO10. The smallest absolute Gasteiger partial charge is 0.249 e. The molecule has 416 valence electrons. The van der Waals surface area contributed by atoms with Crippen molar-refractivity contribution in [2.24, 2.45) is 0 Å². The molecule has 0 aromatic rings. The highest BCUT2D eigenvalue weighted by Crippen LogP contribution is 2.23. The van der Waals surface area contributed by atoms with Crippen LogP contribution in [0.3, 0.4) is 0 Å². The summed E-state index contributed by atoms with van der Waals surface area (Å²) in [6.45, 7) is 3.48. The van der Waals surface area contributed by atoms with Crippen molar-refractivity contribution in [1.82, 2.24) is 5.32 Å². The zero-order valence-corrected chi connectivity index (χ0v) is 45.5. The van der Waals surface area contributed by atoms with E-state index >= 15 is 0 Å². The van der Waals surface area contributed by atoms with E-state index in [0.717, 1.165) is 38.5 Å². The summed E-state index contributed by atoms with van der Waals surface area (Å²) in [6.07, 6.45) is 45.6. The van der Waals surface area contributed by atoms with Crippen molar-refractivity contribution in [3.63, 3.8) is 0 Å². The van der Waals surface area contributed by atoms with Crippen molar-refractivity contribution >= 4 is 5.91 Å². The Bertz CT molecular complexity index is 1140. The van der Waals surface area contributed by atoms with Gasteiger partial charge in [-0.3, -0.25) is 4.79 Å². The van der Waals surface area contributed by atoms with Crippen LogP contribution in [0.25, 0.3) is 0 Å². The summed E-state index contributed by atoms with van der Waals surface area (Å²) in [6, 6.07) is -1.18. The summed E-state index contributed by atoms with van der Waals surface area (Å²) in [5.74, 6) is -0.700. The Morgan fingerprint density at radius 1 is 0.486 bits per heavy atom.